The molecular formula is C15H21ClN2O3. The topological polar surface area (TPSA) is 82.5 Å². The molecule has 0 aromatic carbocycles. The van der Waals surface area contributed by atoms with E-state index in [-0.39, 0.29) is 10.6 Å². The van der Waals surface area contributed by atoms with Gasteiger partial charge in [-0.3, -0.25) is 0 Å². The van der Waals surface area contributed by atoms with Crippen LogP contribution < -0.4 is 5.32 Å². The van der Waals surface area contributed by atoms with E-state index in [9.17, 15) is 9.90 Å². The van der Waals surface area contributed by atoms with E-state index in [1.54, 1.807) is 0 Å². The Balaban J connectivity index is 1.95. The zero-order chi connectivity index (χ0) is 15.5. The van der Waals surface area contributed by atoms with E-state index in [4.69, 9.17) is 16.7 Å². The van der Waals surface area contributed by atoms with E-state index < -0.39 is 11.6 Å². The number of nitrogens with one attached hydrogen (secondary N) is 1. The first-order chi connectivity index (χ1) is 9.93. The molecule has 21 heavy (non-hydrogen) atoms. The molecule has 5 nitrogen and oxygen atoms in total. The summed E-state index contributed by atoms with van der Waals surface area (Å²) in [5.74, 6) is 0.0574. The molecule has 0 aliphatic heterocycles. The highest BCUT2D eigenvalue weighted by molar-refractivity contribution is 6.33. The monoisotopic (exact) mass is 312 g/mol. The summed E-state index contributed by atoms with van der Waals surface area (Å²) < 4.78 is 0. The lowest BCUT2D eigenvalue weighted by Crippen LogP contribution is -2.40. The molecule has 1 aromatic rings. The van der Waals surface area contributed by atoms with Crippen LogP contribution in [0.4, 0.5) is 5.82 Å². The predicted molar refractivity (Wildman–Crippen MR) is 81.9 cm³/mol. The maximum absolute atomic E-state index is 10.8. The van der Waals surface area contributed by atoms with Gasteiger partial charge in [-0.05, 0) is 37.7 Å². The molecular weight excluding hydrogens is 292 g/mol. The van der Waals surface area contributed by atoms with Crippen LogP contribution in [0.3, 0.4) is 0 Å². The van der Waals surface area contributed by atoms with Gasteiger partial charge in [-0.2, -0.15) is 0 Å². The maximum atomic E-state index is 10.8. The summed E-state index contributed by atoms with van der Waals surface area (Å²) in [5, 5.41) is 22.7. The van der Waals surface area contributed by atoms with Crippen LogP contribution in [-0.4, -0.2) is 33.3 Å². The van der Waals surface area contributed by atoms with Crippen LogP contribution in [-0.2, 0) is 0 Å². The average molecular weight is 313 g/mol. The molecule has 0 unspecified atom stereocenters. The molecule has 0 spiro atoms. The quantitative estimate of drug-likeness (QED) is 0.778. The van der Waals surface area contributed by atoms with Crippen molar-refractivity contribution in [2.45, 2.75) is 44.6 Å². The smallest absolute Gasteiger partial charge is 0.337 e. The summed E-state index contributed by atoms with van der Waals surface area (Å²) in [6, 6.07) is 1.36. The Morgan fingerprint density at radius 1 is 1.52 bits per heavy atom. The molecule has 1 aliphatic rings. The SMILES string of the molecule is CCC1CCC(O)(CNc2ncc(C(=O)O)cc2Cl)CC1. The summed E-state index contributed by atoms with van der Waals surface area (Å²) in [7, 11) is 0. The summed E-state index contributed by atoms with van der Waals surface area (Å²) in [4.78, 5) is 14.8. The third kappa shape index (κ3) is 4.08. The van der Waals surface area contributed by atoms with Gasteiger partial charge in [-0.25, -0.2) is 9.78 Å². The molecule has 1 aliphatic carbocycles. The van der Waals surface area contributed by atoms with Crippen LogP contribution in [0.15, 0.2) is 12.3 Å². The second-order valence-electron chi connectivity index (χ2n) is 5.79. The number of hydrogen-bond donors (Lipinski definition) is 3. The molecule has 3 N–H and O–H groups in total. The third-order valence-electron chi connectivity index (χ3n) is 4.29. The van der Waals surface area contributed by atoms with Gasteiger partial charge in [-0.15, -0.1) is 0 Å². The first-order valence-corrected chi connectivity index (χ1v) is 7.66. The lowest BCUT2D eigenvalue weighted by atomic mass is 9.78. The number of halogens is 1. The molecule has 116 valence electrons. The number of carboxylic acid groups (broad SMARTS) is 1. The van der Waals surface area contributed by atoms with Crippen LogP contribution >= 0.6 is 11.6 Å². The Bertz CT molecular complexity index is 514. The normalized spacial score (nSPS) is 25.6. The van der Waals surface area contributed by atoms with Gasteiger partial charge in [0.05, 0.1) is 16.2 Å². The summed E-state index contributed by atoms with van der Waals surface area (Å²) >= 11 is 6.01. The first kappa shape index (κ1) is 16.0. The second-order valence-corrected chi connectivity index (χ2v) is 6.20. The van der Waals surface area contributed by atoms with Crippen molar-refractivity contribution in [1.29, 1.82) is 0 Å². The number of hydrogen-bond acceptors (Lipinski definition) is 4. The fourth-order valence-corrected chi connectivity index (χ4v) is 2.97. The highest BCUT2D eigenvalue weighted by Gasteiger charge is 2.32. The molecule has 1 aromatic heterocycles. The van der Waals surface area contributed by atoms with Gasteiger partial charge < -0.3 is 15.5 Å². The number of nitrogens with zero attached hydrogens (tertiary/aromatic N) is 1. The van der Waals surface area contributed by atoms with Crippen LogP contribution in [0.2, 0.25) is 5.02 Å². The number of carboxylic acids is 1. The lowest BCUT2D eigenvalue weighted by Gasteiger charge is -2.36. The Morgan fingerprint density at radius 2 is 2.19 bits per heavy atom. The number of carbonyl (C=O) groups is 1. The van der Waals surface area contributed by atoms with Crippen LogP contribution in [0.1, 0.15) is 49.4 Å². The molecule has 0 radical (unpaired) electrons. The first-order valence-electron chi connectivity index (χ1n) is 7.28. The number of aromatic carboxylic acids is 1. The van der Waals surface area contributed by atoms with Gasteiger partial charge in [0.15, 0.2) is 0 Å². The van der Waals surface area contributed by atoms with Crippen molar-refractivity contribution >= 4 is 23.4 Å². The molecule has 0 saturated heterocycles. The molecule has 1 fully saturated rings. The number of aromatic nitrogens is 1. The second kappa shape index (κ2) is 6.62. The van der Waals surface area contributed by atoms with E-state index in [2.05, 4.69) is 17.2 Å². The van der Waals surface area contributed by atoms with Gasteiger partial charge >= 0.3 is 5.97 Å². The van der Waals surface area contributed by atoms with Crippen LogP contribution in [0.25, 0.3) is 0 Å². The van der Waals surface area contributed by atoms with Crippen molar-refractivity contribution in [3.63, 3.8) is 0 Å². The van der Waals surface area contributed by atoms with E-state index in [0.717, 1.165) is 32.1 Å². The van der Waals surface area contributed by atoms with E-state index in [0.29, 0.717) is 18.3 Å². The van der Waals surface area contributed by atoms with Crippen molar-refractivity contribution in [2.75, 3.05) is 11.9 Å². The third-order valence-corrected chi connectivity index (χ3v) is 4.57. The van der Waals surface area contributed by atoms with Gasteiger partial charge in [-0.1, -0.05) is 24.9 Å². The van der Waals surface area contributed by atoms with Crippen molar-refractivity contribution in [2.24, 2.45) is 5.92 Å². The largest absolute Gasteiger partial charge is 0.478 e. The van der Waals surface area contributed by atoms with Crippen LogP contribution in [0, 0.1) is 5.92 Å². The summed E-state index contributed by atoms with van der Waals surface area (Å²) in [6.45, 7) is 2.56. The molecule has 1 saturated carbocycles. The molecule has 2 rings (SSSR count). The Labute approximate surface area is 129 Å². The van der Waals surface area contributed by atoms with Crippen molar-refractivity contribution in [3.8, 4) is 0 Å². The van der Waals surface area contributed by atoms with Gasteiger partial charge in [0.25, 0.3) is 0 Å². The van der Waals surface area contributed by atoms with E-state index >= 15 is 0 Å². The number of pyridine rings is 1. The Morgan fingerprint density at radius 3 is 2.71 bits per heavy atom. The minimum Gasteiger partial charge on any atom is -0.478 e. The summed E-state index contributed by atoms with van der Waals surface area (Å²) in [6.07, 6.45) is 6.02. The highest BCUT2D eigenvalue weighted by atomic mass is 35.5. The molecule has 1 heterocycles. The fourth-order valence-electron chi connectivity index (χ4n) is 2.73. The van der Waals surface area contributed by atoms with Crippen molar-refractivity contribution in [1.82, 2.24) is 4.98 Å². The highest BCUT2D eigenvalue weighted by Crippen LogP contribution is 2.34. The van der Waals surface area contributed by atoms with E-state index in [1.807, 2.05) is 0 Å². The number of aliphatic hydroxyl groups is 1. The fraction of sp³-hybridized carbons (Fsp3) is 0.600. The molecule has 6 heteroatoms. The molecule has 0 amide bonds. The van der Waals surface area contributed by atoms with E-state index in [1.165, 1.54) is 12.3 Å². The Kier molecular flexibility index (Phi) is 5.06. The van der Waals surface area contributed by atoms with Gasteiger partial charge in [0.1, 0.15) is 5.82 Å². The minimum atomic E-state index is -1.06. The van der Waals surface area contributed by atoms with Gasteiger partial charge in [0.2, 0.25) is 0 Å². The van der Waals surface area contributed by atoms with Crippen molar-refractivity contribution < 1.29 is 15.0 Å². The standard InChI is InChI=1S/C15H21ClN2O3/c1-2-10-3-5-15(21,6-4-10)9-18-13-12(16)7-11(8-17-13)14(19)20/h7-8,10,21H,2-6,9H2,1H3,(H,17,18)(H,19,20). The average Bonchev–Trinajstić information content (AvgIpc) is 2.46. The number of rotatable bonds is 5. The molecule has 0 atom stereocenters. The number of anilines is 1. The van der Waals surface area contributed by atoms with Crippen molar-refractivity contribution in [3.05, 3.63) is 22.8 Å². The predicted octanol–water partition coefficient (Wildman–Crippen LogP) is 3.18. The lowest BCUT2D eigenvalue weighted by molar-refractivity contribution is 0.00222. The molecule has 0 bridgehead atoms. The minimum absolute atomic E-state index is 0.0488. The van der Waals surface area contributed by atoms with Gasteiger partial charge in [0, 0.05) is 12.7 Å². The zero-order valence-electron chi connectivity index (χ0n) is 12.1. The van der Waals surface area contributed by atoms with Crippen LogP contribution in [0.5, 0.6) is 0 Å². The zero-order valence-corrected chi connectivity index (χ0v) is 12.9. The Hall–Kier alpha value is -1.33. The summed E-state index contributed by atoms with van der Waals surface area (Å²) in [5.41, 5.74) is -0.685. The maximum Gasteiger partial charge on any atom is 0.337 e.